The molecule has 98 valence electrons. The van der Waals surface area contributed by atoms with E-state index in [1.807, 2.05) is 0 Å². The molecule has 0 aliphatic carbocycles. The van der Waals surface area contributed by atoms with E-state index in [1.165, 1.54) is 19.9 Å². The van der Waals surface area contributed by atoms with Gasteiger partial charge in [-0.25, -0.2) is 14.0 Å². The Morgan fingerprint density at radius 1 is 1.39 bits per heavy atom. The second kappa shape index (κ2) is 5.22. The number of hydrogen-bond donors (Lipinski definition) is 3. The summed E-state index contributed by atoms with van der Waals surface area (Å²) in [5, 5.41) is 13.5. The lowest BCUT2D eigenvalue weighted by Crippen LogP contribution is -2.51. The van der Waals surface area contributed by atoms with E-state index in [-0.39, 0.29) is 10.7 Å². The first-order chi connectivity index (χ1) is 8.22. The molecule has 0 fully saturated rings. The number of nitrogens with one attached hydrogen (secondary N) is 2. The van der Waals surface area contributed by atoms with Crippen LogP contribution in [0.3, 0.4) is 0 Å². The van der Waals surface area contributed by atoms with Crippen LogP contribution >= 0.6 is 11.6 Å². The lowest BCUT2D eigenvalue weighted by Gasteiger charge is -2.21. The number of rotatable bonds is 3. The topological polar surface area (TPSA) is 78.4 Å². The minimum atomic E-state index is -1.44. The van der Waals surface area contributed by atoms with Crippen molar-refractivity contribution < 1.29 is 19.1 Å². The average Bonchev–Trinajstić information content (AvgIpc) is 2.22. The highest BCUT2D eigenvalue weighted by molar-refractivity contribution is 6.33. The van der Waals surface area contributed by atoms with Gasteiger partial charge in [0, 0.05) is 0 Å². The molecule has 7 heteroatoms. The fourth-order valence-electron chi connectivity index (χ4n) is 1.08. The Morgan fingerprint density at radius 2 is 2.00 bits per heavy atom. The third kappa shape index (κ3) is 3.59. The maximum Gasteiger partial charge on any atom is 0.328 e. The van der Waals surface area contributed by atoms with Crippen LogP contribution in [0.25, 0.3) is 0 Å². The normalized spacial score (nSPS) is 10.9. The van der Waals surface area contributed by atoms with Gasteiger partial charge in [0.15, 0.2) is 0 Å². The molecule has 0 heterocycles. The highest BCUT2D eigenvalue weighted by Gasteiger charge is 2.29. The molecule has 1 rings (SSSR count). The highest BCUT2D eigenvalue weighted by atomic mass is 35.5. The largest absolute Gasteiger partial charge is 0.480 e. The van der Waals surface area contributed by atoms with Crippen molar-refractivity contribution in [3.05, 3.63) is 29.0 Å². The van der Waals surface area contributed by atoms with E-state index >= 15 is 0 Å². The number of urea groups is 1. The van der Waals surface area contributed by atoms with E-state index < -0.39 is 23.4 Å². The van der Waals surface area contributed by atoms with Gasteiger partial charge in [-0.2, -0.15) is 0 Å². The molecule has 0 aliphatic heterocycles. The van der Waals surface area contributed by atoms with Crippen molar-refractivity contribution in [3.63, 3.8) is 0 Å². The second-order valence-corrected chi connectivity index (χ2v) is 4.54. The van der Waals surface area contributed by atoms with E-state index in [1.54, 1.807) is 0 Å². The maximum absolute atomic E-state index is 12.9. The SMILES string of the molecule is CC(C)(NC(=O)Nc1cc(F)ccc1Cl)C(=O)O. The first-order valence-corrected chi connectivity index (χ1v) is 5.38. The molecule has 0 spiro atoms. The molecule has 0 aromatic heterocycles. The van der Waals surface area contributed by atoms with Crippen LogP contribution in [0.5, 0.6) is 0 Å². The van der Waals surface area contributed by atoms with Gasteiger partial charge >= 0.3 is 12.0 Å². The predicted molar refractivity (Wildman–Crippen MR) is 65.3 cm³/mol. The molecule has 0 saturated carbocycles. The van der Waals surface area contributed by atoms with Crippen LogP contribution in [-0.4, -0.2) is 22.6 Å². The molecule has 18 heavy (non-hydrogen) atoms. The number of carbonyl (C=O) groups excluding carboxylic acids is 1. The molecular formula is C11H12ClFN2O3. The number of aliphatic carboxylic acids is 1. The predicted octanol–water partition coefficient (Wildman–Crippen LogP) is 2.46. The second-order valence-electron chi connectivity index (χ2n) is 4.13. The van der Waals surface area contributed by atoms with Crippen molar-refractivity contribution in [2.24, 2.45) is 0 Å². The summed E-state index contributed by atoms with van der Waals surface area (Å²) in [7, 11) is 0. The molecule has 3 N–H and O–H groups in total. The van der Waals surface area contributed by atoms with Crippen molar-refractivity contribution in [2.45, 2.75) is 19.4 Å². The Morgan fingerprint density at radius 3 is 2.56 bits per heavy atom. The Hall–Kier alpha value is -1.82. The zero-order valence-corrected chi connectivity index (χ0v) is 10.5. The third-order valence-corrected chi connectivity index (χ3v) is 2.47. The van der Waals surface area contributed by atoms with Gasteiger partial charge in [0.1, 0.15) is 11.4 Å². The number of carbonyl (C=O) groups is 2. The molecule has 0 unspecified atom stereocenters. The van der Waals surface area contributed by atoms with Crippen molar-refractivity contribution in [2.75, 3.05) is 5.32 Å². The van der Waals surface area contributed by atoms with Gasteiger partial charge in [-0.15, -0.1) is 0 Å². The van der Waals surface area contributed by atoms with Crippen LogP contribution in [0.15, 0.2) is 18.2 Å². The van der Waals surface area contributed by atoms with Gasteiger partial charge in [0.05, 0.1) is 10.7 Å². The summed E-state index contributed by atoms with van der Waals surface area (Å²) in [6.07, 6.45) is 0. The van der Waals surface area contributed by atoms with Gasteiger partial charge in [-0.1, -0.05) is 11.6 Å². The summed E-state index contributed by atoms with van der Waals surface area (Å²) < 4.78 is 12.9. The standard InChI is InChI=1S/C11H12ClFN2O3/c1-11(2,9(16)17)15-10(18)14-8-5-6(13)3-4-7(8)12/h3-5H,1-2H3,(H,16,17)(H2,14,15,18). The molecule has 5 nitrogen and oxygen atoms in total. The minimum Gasteiger partial charge on any atom is -0.480 e. The molecule has 1 aromatic carbocycles. The summed E-state index contributed by atoms with van der Waals surface area (Å²) in [6.45, 7) is 2.64. The third-order valence-electron chi connectivity index (χ3n) is 2.14. The van der Waals surface area contributed by atoms with Crippen molar-refractivity contribution >= 4 is 29.3 Å². The number of benzene rings is 1. The van der Waals surface area contributed by atoms with Crippen LogP contribution < -0.4 is 10.6 Å². The van der Waals surface area contributed by atoms with Crippen molar-refractivity contribution in [1.29, 1.82) is 0 Å². The maximum atomic E-state index is 12.9. The Kier molecular flexibility index (Phi) is 4.13. The molecule has 0 bridgehead atoms. The van der Waals surface area contributed by atoms with Crippen LogP contribution in [0.2, 0.25) is 5.02 Å². The first kappa shape index (κ1) is 14.2. The fourth-order valence-corrected chi connectivity index (χ4v) is 1.25. The zero-order chi connectivity index (χ0) is 13.9. The number of hydrogen-bond acceptors (Lipinski definition) is 2. The molecule has 0 aliphatic rings. The van der Waals surface area contributed by atoms with Gasteiger partial charge in [0.25, 0.3) is 0 Å². The van der Waals surface area contributed by atoms with Crippen LogP contribution in [-0.2, 0) is 4.79 Å². The Balaban J connectivity index is 2.77. The fraction of sp³-hybridized carbons (Fsp3) is 0.273. The molecule has 0 radical (unpaired) electrons. The summed E-state index contributed by atoms with van der Waals surface area (Å²) in [6, 6.07) is 2.69. The number of carboxylic acid groups (broad SMARTS) is 1. The first-order valence-electron chi connectivity index (χ1n) is 5.00. The van der Waals surface area contributed by atoms with E-state index in [0.717, 1.165) is 12.1 Å². The van der Waals surface area contributed by atoms with E-state index in [0.29, 0.717) is 0 Å². The lowest BCUT2D eigenvalue weighted by atomic mass is 10.1. The number of amides is 2. The van der Waals surface area contributed by atoms with Crippen LogP contribution in [0.1, 0.15) is 13.8 Å². The Bertz CT molecular complexity index is 491. The van der Waals surface area contributed by atoms with Crippen LogP contribution in [0, 0.1) is 5.82 Å². The van der Waals surface area contributed by atoms with Gasteiger partial charge < -0.3 is 15.7 Å². The molecule has 1 aromatic rings. The molecule has 0 saturated heterocycles. The van der Waals surface area contributed by atoms with E-state index in [4.69, 9.17) is 16.7 Å². The summed E-state index contributed by atoms with van der Waals surface area (Å²) in [5.74, 6) is -1.75. The van der Waals surface area contributed by atoms with Gasteiger partial charge in [0.2, 0.25) is 0 Å². The number of halogens is 2. The molecular weight excluding hydrogens is 263 g/mol. The summed E-state index contributed by atoms with van der Waals surface area (Å²) in [4.78, 5) is 22.3. The summed E-state index contributed by atoms with van der Waals surface area (Å²) >= 11 is 5.75. The van der Waals surface area contributed by atoms with E-state index in [2.05, 4.69) is 10.6 Å². The molecule has 2 amide bonds. The zero-order valence-electron chi connectivity index (χ0n) is 9.75. The van der Waals surface area contributed by atoms with E-state index in [9.17, 15) is 14.0 Å². The highest BCUT2D eigenvalue weighted by Crippen LogP contribution is 2.22. The van der Waals surface area contributed by atoms with Crippen molar-refractivity contribution in [3.8, 4) is 0 Å². The Labute approximate surface area is 108 Å². The van der Waals surface area contributed by atoms with Crippen molar-refractivity contribution in [1.82, 2.24) is 5.32 Å². The lowest BCUT2D eigenvalue weighted by molar-refractivity contribution is -0.142. The average molecular weight is 275 g/mol. The van der Waals surface area contributed by atoms with Crippen LogP contribution in [0.4, 0.5) is 14.9 Å². The monoisotopic (exact) mass is 274 g/mol. The minimum absolute atomic E-state index is 0.0651. The molecule has 0 atom stereocenters. The van der Waals surface area contributed by atoms with Gasteiger partial charge in [-0.05, 0) is 32.0 Å². The number of anilines is 1. The summed E-state index contributed by atoms with van der Waals surface area (Å²) in [5.41, 5.74) is -1.38. The smallest absolute Gasteiger partial charge is 0.328 e. The number of carboxylic acids is 1. The quantitative estimate of drug-likeness (QED) is 0.792. The van der Waals surface area contributed by atoms with Gasteiger partial charge in [-0.3, -0.25) is 0 Å².